The van der Waals surface area contributed by atoms with Gasteiger partial charge in [0, 0.05) is 19.1 Å². The van der Waals surface area contributed by atoms with Crippen LogP contribution >= 0.6 is 0 Å². The van der Waals surface area contributed by atoms with E-state index < -0.39 is 15.6 Å². The molecular weight excluding hydrogens is 410 g/mol. The Morgan fingerprint density at radius 1 is 1.13 bits per heavy atom. The third-order valence-corrected chi connectivity index (χ3v) is 5.64. The molecule has 0 aromatic heterocycles. The van der Waals surface area contributed by atoms with Crippen molar-refractivity contribution < 1.29 is 17.9 Å². The number of aliphatic imine (C=N–C) groups is 2. The summed E-state index contributed by atoms with van der Waals surface area (Å²) in [5.41, 5.74) is 15.8. The molecule has 0 unspecified atom stereocenters. The first-order valence-corrected chi connectivity index (χ1v) is 10.9. The highest BCUT2D eigenvalue weighted by atomic mass is 32.2. The van der Waals surface area contributed by atoms with Crippen molar-refractivity contribution >= 4 is 33.7 Å². The summed E-state index contributed by atoms with van der Waals surface area (Å²) in [5.74, 6) is -0.363. The van der Waals surface area contributed by atoms with E-state index in [0.29, 0.717) is 31.6 Å². The Hall–Kier alpha value is -2.86. The minimum absolute atomic E-state index is 0.0939. The molecule has 11 nitrogen and oxygen atoms in total. The highest BCUT2D eigenvalue weighted by Crippen LogP contribution is 2.20. The molecule has 0 atom stereocenters. The van der Waals surface area contributed by atoms with Gasteiger partial charge in [-0.05, 0) is 57.9 Å². The van der Waals surface area contributed by atoms with Gasteiger partial charge < -0.3 is 26.8 Å². The predicted molar refractivity (Wildman–Crippen MR) is 115 cm³/mol. The molecule has 0 saturated carbocycles. The molecule has 166 valence electrons. The molecule has 1 aromatic carbocycles. The number of nitrogens with zero attached hydrogens (tertiary/aromatic N) is 3. The number of carbonyl (C=O) groups excluding carboxylic acids is 1. The first kappa shape index (κ1) is 23.4. The molecule has 0 spiro atoms. The van der Waals surface area contributed by atoms with Crippen molar-refractivity contribution in [2.45, 2.75) is 50.2 Å². The Balaban J connectivity index is 1.96. The average molecular weight is 440 g/mol. The second kappa shape index (κ2) is 9.30. The van der Waals surface area contributed by atoms with E-state index in [0.717, 1.165) is 0 Å². The fourth-order valence-electron chi connectivity index (χ4n) is 2.78. The number of amides is 1. The molecule has 1 fully saturated rings. The summed E-state index contributed by atoms with van der Waals surface area (Å²) in [7, 11) is -3.72. The fraction of sp³-hybridized carbons (Fsp3) is 0.500. The number of likely N-dealkylation sites (tertiary alicyclic amines) is 1. The van der Waals surface area contributed by atoms with Crippen LogP contribution < -0.4 is 21.9 Å². The highest BCUT2D eigenvalue weighted by molar-refractivity contribution is 7.89. The first-order valence-electron chi connectivity index (χ1n) is 9.40. The lowest BCUT2D eigenvalue weighted by Crippen LogP contribution is -2.47. The Kier molecular flexibility index (Phi) is 7.26. The van der Waals surface area contributed by atoms with E-state index in [1.165, 1.54) is 24.3 Å². The standard InChI is InChI=1S/C18H29N7O4S/c1-18(2,3)29-17(26)25-10-8-13(9-11-25)24-30(27,28)14-6-4-12(5-7-14)22-16(21)23-15(19)20/h4-7,13,24H,8-11H2,1-3H3,(H6,19,20,21,22,23). The quantitative estimate of drug-likeness (QED) is 0.391. The number of nitrogens with two attached hydrogens (primary N) is 3. The number of benzene rings is 1. The van der Waals surface area contributed by atoms with Gasteiger partial charge >= 0.3 is 6.09 Å². The van der Waals surface area contributed by atoms with Crippen LogP contribution in [0.15, 0.2) is 39.1 Å². The van der Waals surface area contributed by atoms with Crippen LogP contribution in [0.4, 0.5) is 10.5 Å². The van der Waals surface area contributed by atoms with Gasteiger partial charge in [-0.15, -0.1) is 0 Å². The minimum atomic E-state index is -3.72. The molecule has 0 aliphatic carbocycles. The van der Waals surface area contributed by atoms with Crippen molar-refractivity contribution in [1.29, 1.82) is 0 Å². The van der Waals surface area contributed by atoms with Crippen molar-refractivity contribution in [2.75, 3.05) is 13.1 Å². The lowest BCUT2D eigenvalue weighted by Gasteiger charge is -2.33. The van der Waals surface area contributed by atoms with Gasteiger partial charge in [-0.25, -0.2) is 22.9 Å². The van der Waals surface area contributed by atoms with Crippen LogP contribution in [0.2, 0.25) is 0 Å². The number of sulfonamides is 1. The van der Waals surface area contributed by atoms with Crippen molar-refractivity contribution in [3.05, 3.63) is 24.3 Å². The summed E-state index contributed by atoms with van der Waals surface area (Å²) < 4.78 is 33.3. The van der Waals surface area contributed by atoms with Gasteiger partial charge in [-0.1, -0.05) is 0 Å². The Labute approximate surface area is 176 Å². The third kappa shape index (κ3) is 7.19. The molecule has 2 rings (SSSR count). The summed E-state index contributed by atoms with van der Waals surface area (Å²) in [6, 6.07) is 5.55. The molecule has 0 radical (unpaired) electrons. The van der Waals surface area contributed by atoms with Gasteiger partial charge in [0.15, 0.2) is 5.96 Å². The van der Waals surface area contributed by atoms with E-state index >= 15 is 0 Å². The number of piperidine rings is 1. The molecule has 12 heteroatoms. The zero-order chi connectivity index (χ0) is 22.5. The van der Waals surface area contributed by atoms with E-state index in [9.17, 15) is 13.2 Å². The van der Waals surface area contributed by atoms with Crippen molar-refractivity contribution in [2.24, 2.45) is 27.2 Å². The topological polar surface area (TPSA) is 178 Å². The predicted octanol–water partition coefficient (Wildman–Crippen LogP) is 0.584. The summed E-state index contributed by atoms with van der Waals surface area (Å²) in [4.78, 5) is 21.4. The zero-order valence-corrected chi connectivity index (χ0v) is 18.1. The van der Waals surface area contributed by atoms with E-state index in [1.807, 2.05) is 0 Å². The van der Waals surface area contributed by atoms with Crippen molar-refractivity contribution in [3.8, 4) is 0 Å². The smallest absolute Gasteiger partial charge is 0.410 e. The number of hydrogen-bond donors (Lipinski definition) is 4. The monoisotopic (exact) mass is 439 g/mol. The number of rotatable bonds is 4. The number of nitrogens with one attached hydrogen (secondary N) is 1. The Morgan fingerprint density at radius 2 is 1.70 bits per heavy atom. The first-order chi connectivity index (χ1) is 13.9. The van der Waals surface area contributed by atoms with Gasteiger partial charge in [-0.2, -0.15) is 4.99 Å². The number of carbonyl (C=O) groups is 1. The van der Waals surface area contributed by atoms with Gasteiger partial charge in [0.05, 0.1) is 10.6 Å². The number of ether oxygens (including phenoxy) is 1. The van der Waals surface area contributed by atoms with Gasteiger partial charge in [0.2, 0.25) is 16.0 Å². The maximum atomic E-state index is 12.7. The second-order valence-electron chi connectivity index (χ2n) is 7.86. The normalized spacial score (nSPS) is 16.2. The van der Waals surface area contributed by atoms with Gasteiger partial charge in [0.25, 0.3) is 0 Å². The van der Waals surface area contributed by atoms with E-state index in [1.54, 1.807) is 25.7 Å². The van der Waals surface area contributed by atoms with Crippen LogP contribution in [0, 0.1) is 0 Å². The summed E-state index contributed by atoms with van der Waals surface area (Å²) in [6.07, 6.45) is 0.603. The summed E-state index contributed by atoms with van der Waals surface area (Å²) in [6.45, 7) is 6.24. The maximum Gasteiger partial charge on any atom is 0.410 e. The van der Waals surface area contributed by atoms with Crippen LogP contribution in [0.3, 0.4) is 0 Å². The molecule has 1 aromatic rings. The number of hydrogen-bond acceptors (Lipinski definition) is 5. The lowest BCUT2D eigenvalue weighted by molar-refractivity contribution is 0.0203. The summed E-state index contributed by atoms with van der Waals surface area (Å²) in [5, 5.41) is 0. The van der Waals surface area contributed by atoms with Crippen LogP contribution in [0.5, 0.6) is 0 Å². The minimum Gasteiger partial charge on any atom is -0.444 e. The van der Waals surface area contributed by atoms with Crippen LogP contribution in [-0.4, -0.2) is 56.1 Å². The Bertz CT molecular complexity index is 909. The fourth-order valence-corrected chi connectivity index (χ4v) is 4.09. The van der Waals surface area contributed by atoms with Gasteiger partial charge in [-0.3, -0.25) is 0 Å². The molecule has 1 aliphatic rings. The lowest BCUT2D eigenvalue weighted by atomic mass is 10.1. The zero-order valence-electron chi connectivity index (χ0n) is 17.3. The SMILES string of the molecule is CC(C)(C)OC(=O)N1CCC(NS(=O)(=O)c2ccc(N=C(N)N=C(N)N)cc2)CC1. The Morgan fingerprint density at radius 3 is 2.20 bits per heavy atom. The molecule has 1 aliphatic heterocycles. The third-order valence-electron chi connectivity index (χ3n) is 4.10. The highest BCUT2D eigenvalue weighted by Gasteiger charge is 2.29. The molecule has 1 amide bonds. The second-order valence-corrected chi connectivity index (χ2v) is 9.58. The van der Waals surface area contributed by atoms with Crippen LogP contribution in [-0.2, 0) is 14.8 Å². The van der Waals surface area contributed by atoms with Crippen molar-refractivity contribution in [3.63, 3.8) is 0 Å². The van der Waals surface area contributed by atoms with E-state index in [4.69, 9.17) is 21.9 Å². The van der Waals surface area contributed by atoms with E-state index in [2.05, 4.69) is 14.7 Å². The van der Waals surface area contributed by atoms with Crippen molar-refractivity contribution in [1.82, 2.24) is 9.62 Å². The van der Waals surface area contributed by atoms with E-state index in [-0.39, 0.29) is 28.9 Å². The molecule has 1 heterocycles. The molecular formula is C18H29N7O4S. The average Bonchev–Trinajstić information content (AvgIpc) is 2.60. The maximum absolute atomic E-state index is 12.7. The molecule has 30 heavy (non-hydrogen) atoms. The largest absolute Gasteiger partial charge is 0.444 e. The molecule has 7 N–H and O–H groups in total. The van der Waals surface area contributed by atoms with Crippen LogP contribution in [0.25, 0.3) is 0 Å². The molecule has 0 bridgehead atoms. The van der Waals surface area contributed by atoms with Gasteiger partial charge in [0.1, 0.15) is 5.60 Å². The number of guanidine groups is 2. The molecule has 1 saturated heterocycles. The summed E-state index contributed by atoms with van der Waals surface area (Å²) >= 11 is 0. The van der Waals surface area contributed by atoms with Crippen LogP contribution in [0.1, 0.15) is 33.6 Å².